The van der Waals surface area contributed by atoms with Crippen LogP contribution in [0.25, 0.3) is 0 Å². The van der Waals surface area contributed by atoms with Gasteiger partial charge >= 0.3 is 0 Å². The molecule has 0 spiro atoms. The fourth-order valence-electron chi connectivity index (χ4n) is 1.81. The molecule has 3 heteroatoms. The summed E-state index contributed by atoms with van der Waals surface area (Å²) in [6, 6.07) is 3.47. The molecule has 66 valence electrons. The van der Waals surface area contributed by atoms with Crippen molar-refractivity contribution in [1.82, 2.24) is 10.6 Å². The Labute approximate surface area is 73.1 Å². The fourth-order valence-corrected chi connectivity index (χ4v) is 1.81. The average molecular weight is 165 g/mol. The Kier molecular flexibility index (Phi) is 2.29. The molecule has 3 nitrogen and oxygen atoms in total. The molecule has 1 heterocycles. The molecule has 1 aliphatic heterocycles. The van der Waals surface area contributed by atoms with Crippen LogP contribution in [0.15, 0.2) is 0 Å². The predicted molar refractivity (Wildman–Crippen MR) is 46.5 cm³/mol. The van der Waals surface area contributed by atoms with Crippen LogP contribution in [0.3, 0.4) is 0 Å². The van der Waals surface area contributed by atoms with E-state index < -0.39 is 0 Å². The summed E-state index contributed by atoms with van der Waals surface area (Å²) < 4.78 is 0. The van der Waals surface area contributed by atoms with Crippen molar-refractivity contribution in [3.8, 4) is 6.07 Å². The summed E-state index contributed by atoms with van der Waals surface area (Å²) in [5.74, 6) is 0.305. The largest absolute Gasteiger partial charge is 0.317 e. The number of nitrogens with one attached hydrogen (secondary N) is 2. The third-order valence-corrected chi connectivity index (χ3v) is 2.75. The maximum Gasteiger partial charge on any atom is 0.0672 e. The average Bonchev–Trinajstić information content (AvgIpc) is 2.85. The second kappa shape index (κ2) is 3.42. The number of hydrogen-bond acceptors (Lipinski definition) is 3. The summed E-state index contributed by atoms with van der Waals surface area (Å²) >= 11 is 0. The molecule has 0 aromatic carbocycles. The van der Waals surface area contributed by atoms with E-state index in [9.17, 15) is 0 Å². The maximum atomic E-state index is 8.60. The topological polar surface area (TPSA) is 47.9 Å². The Morgan fingerprint density at radius 1 is 1.33 bits per heavy atom. The molecule has 2 N–H and O–H groups in total. The van der Waals surface area contributed by atoms with E-state index in [2.05, 4.69) is 16.7 Å². The molecule has 0 aromatic heterocycles. The number of piperidine rings is 1. The Morgan fingerprint density at radius 3 is 2.67 bits per heavy atom. The first-order valence-corrected chi connectivity index (χ1v) is 4.76. The Balaban J connectivity index is 1.70. The lowest BCUT2D eigenvalue weighted by atomic mass is 10.1. The second-order valence-electron chi connectivity index (χ2n) is 3.77. The van der Waals surface area contributed by atoms with Gasteiger partial charge in [0.2, 0.25) is 0 Å². The number of nitriles is 1. The van der Waals surface area contributed by atoms with Gasteiger partial charge in [0.15, 0.2) is 0 Å². The van der Waals surface area contributed by atoms with Crippen molar-refractivity contribution in [3.05, 3.63) is 0 Å². The highest BCUT2D eigenvalue weighted by Gasteiger charge is 2.38. The zero-order valence-electron chi connectivity index (χ0n) is 7.21. The first-order valence-electron chi connectivity index (χ1n) is 4.76. The lowest BCUT2D eigenvalue weighted by molar-refractivity contribution is 0.382. The summed E-state index contributed by atoms with van der Waals surface area (Å²) in [6.07, 6.45) is 3.50. The van der Waals surface area contributed by atoms with E-state index in [-0.39, 0.29) is 0 Å². The van der Waals surface area contributed by atoms with E-state index in [0.29, 0.717) is 18.0 Å². The SMILES string of the molecule is N#CC1CC1NC1CCNCC1. The zero-order valence-corrected chi connectivity index (χ0v) is 7.21. The summed E-state index contributed by atoms with van der Waals surface area (Å²) in [5.41, 5.74) is 0. The van der Waals surface area contributed by atoms with Gasteiger partial charge < -0.3 is 10.6 Å². The Hall–Kier alpha value is -0.590. The van der Waals surface area contributed by atoms with Gasteiger partial charge in [-0.05, 0) is 32.4 Å². The lowest BCUT2D eigenvalue weighted by Gasteiger charge is -2.23. The lowest BCUT2D eigenvalue weighted by Crippen LogP contribution is -2.41. The molecular formula is C9H15N3. The molecule has 2 rings (SSSR count). The molecule has 12 heavy (non-hydrogen) atoms. The third-order valence-electron chi connectivity index (χ3n) is 2.75. The molecular weight excluding hydrogens is 150 g/mol. The smallest absolute Gasteiger partial charge is 0.0672 e. The van der Waals surface area contributed by atoms with E-state index in [0.717, 1.165) is 19.5 Å². The maximum absolute atomic E-state index is 8.60. The molecule has 2 fully saturated rings. The number of hydrogen-bond donors (Lipinski definition) is 2. The number of nitrogens with zero attached hydrogens (tertiary/aromatic N) is 1. The highest BCUT2D eigenvalue weighted by atomic mass is 15.0. The second-order valence-corrected chi connectivity index (χ2v) is 3.77. The molecule has 0 aromatic rings. The quantitative estimate of drug-likeness (QED) is 0.616. The van der Waals surface area contributed by atoms with Crippen molar-refractivity contribution in [2.45, 2.75) is 31.3 Å². The van der Waals surface area contributed by atoms with Crippen molar-refractivity contribution >= 4 is 0 Å². The normalized spacial score (nSPS) is 35.9. The van der Waals surface area contributed by atoms with Gasteiger partial charge in [-0.3, -0.25) is 0 Å². The van der Waals surface area contributed by atoms with Crippen molar-refractivity contribution in [1.29, 1.82) is 5.26 Å². The molecule has 1 saturated carbocycles. The van der Waals surface area contributed by atoms with Gasteiger partial charge in [0.25, 0.3) is 0 Å². The minimum absolute atomic E-state index is 0.305. The van der Waals surface area contributed by atoms with Crippen LogP contribution in [-0.4, -0.2) is 25.2 Å². The van der Waals surface area contributed by atoms with Crippen LogP contribution >= 0.6 is 0 Å². The molecule has 1 saturated heterocycles. The van der Waals surface area contributed by atoms with Crippen LogP contribution in [0, 0.1) is 17.2 Å². The van der Waals surface area contributed by atoms with Crippen LogP contribution in [0.5, 0.6) is 0 Å². The third kappa shape index (κ3) is 1.77. The van der Waals surface area contributed by atoms with Crippen molar-refractivity contribution < 1.29 is 0 Å². The van der Waals surface area contributed by atoms with Gasteiger partial charge in [-0.25, -0.2) is 0 Å². The minimum Gasteiger partial charge on any atom is -0.317 e. The van der Waals surface area contributed by atoms with E-state index in [1.54, 1.807) is 0 Å². The first-order chi connectivity index (χ1) is 5.90. The molecule has 0 bridgehead atoms. The van der Waals surface area contributed by atoms with Crippen LogP contribution in [0.2, 0.25) is 0 Å². The molecule has 1 aliphatic carbocycles. The fraction of sp³-hybridized carbons (Fsp3) is 0.889. The van der Waals surface area contributed by atoms with Gasteiger partial charge in [0.1, 0.15) is 0 Å². The minimum atomic E-state index is 0.305. The summed E-state index contributed by atoms with van der Waals surface area (Å²) in [5, 5.41) is 15.5. The van der Waals surface area contributed by atoms with Crippen LogP contribution in [0.4, 0.5) is 0 Å². The standard InChI is InChI=1S/C9H15N3/c10-6-7-5-9(7)12-8-1-3-11-4-2-8/h7-9,11-12H,1-5H2. The van der Waals surface area contributed by atoms with Gasteiger partial charge in [-0.1, -0.05) is 0 Å². The first kappa shape index (κ1) is 8.03. The van der Waals surface area contributed by atoms with E-state index in [1.165, 1.54) is 12.8 Å². The molecule has 2 aliphatic rings. The van der Waals surface area contributed by atoms with Gasteiger partial charge in [-0.2, -0.15) is 5.26 Å². The molecule has 0 radical (unpaired) electrons. The predicted octanol–water partition coefficient (Wildman–Crippen LogP) is 0.240. The van der Waals surface area contributed by atoms with E-state index >= 15 is 0 Å². The summed E-state index contributed by atoms with van der Waals surface area (Å²) in [4.78, 5) is 0. The molecule has 2 unspecified atom stereocenters. The van der Waals surface area contributed by atoms with Crippen LogP contribution in [0.1, 0.15) is 19.3 Å². The van der Waals surface area contributed by atoms with Gasteiger partial charge in [0, 0.05) is 12.1 Å². The Morgan fingerprint density at radius 2 is 2.08 bits per heavy atom. The highest BCUT2D eigenvalue weighted by Crippen LogP contribution is 2.30. The van der Waals surface area contributed by atoms with Gasteiger partial charge in [-0.15, -0.1) is 0 Å². The van der Waals surface area contributed by atoms with E-state index in [4.69, 9.17) is 5.26 Å². The highest BCUT2D eigenvalue weighted by molar-refractivity contribution is 5.07. The van der Waals surface area contributed by atoms with Crippen LogP contribution < -0.4 is 10.6 Å². The monoisotopic (exact) mass is 165 g/mol. The van der Waals surface area contributed by atoms with Crippen molar-refractivity contribution in [2.24, 2.45) is 5.92 Å². The van der Waals surface area contributed by atoms with Crippen molar-refractivity contribution in [2.75, 3.05) is 13.1 Å². The van der Waals surface area contributed by atoms with E-state index in [1.807, 2.05) is 0 Å². The van der Waals surface area contributed by atoms with Gasteiger partial charge in [0.05, 0.1) is 12.0 Å². The van der Waals surface area contributed by atoms with Crippen molar-refractivity contribution in [3.63, 3.8) is 0 Å². The Bertz CT molecular complexity index is 190. The summed E-state index contributed by atoms with van der Waals surface area (Å²) in [6.45, 7) is 2.25. The van der Waals surface area contributed by atoms with Crippen LogP contribution in [-0.2, 0) is 0 Å². The summed E-state index contributed by atoms with van der Waals surface area (Å²) in [7, 11) is 0. The number of rotatable bonds is 2. The molecule has 2 atom stereocenters. The molecule has 0 amide bonds. The zero-order chi connectivity index (χ0) is 8.39.